The largest absolute Gasteiger partial charge is 0.343 e. The summed E-state index contributed by atoms with van der Waals surface area (Å²) in [5.41, 5.74) is 2.45. The van der Waals surface area contributed by atoms with E-state index in [9.17, 15) is 4.79 Å². The fraction of sp³-hybridized carbons (Fsp3) is 0.625. The number of aromatic nitrogens is 2. The standard InChI is InChI=1S/C8H14N6OS/c1-13-2-3-14(5-7(13)15)4-6-11-12-8(10-9)16-6/h2-5,9H2,1H3,(H,10,12). The van der Waals surface area contributed by atoms with Gasteiger partial charge < -0.3 is 4.90 Å². The third-order valence-electron chi connectivity index (χ3n) is 2.49. The summed E-state index contributed by atoms with van der Waals surface area (Å²) in [5, 5.41) is 9.29. The van der Waals surface area contributed by atoms with Crippen molar-refractivity contribution in [3.63, 3.8) is 0 Å². The Labute approximate surface area is 97.2 Å². The van der Waals surface area contributed by atoms with Crippen molar-refractivity contribution in [1.82, 2.24) is 20.0 Å². The molecule has 0 aliphatic carbocycles. The van der Waals surface area contributed by atoms with Crippen LogP contribution in [-0.2, 0) is 11.3 Å². The topological polar surface area (TPSA) is 87.4 Å². The van der Waals surface area contributed by atoms with Gasteiger partial charge in [0.05, 0.1) is 13.1 Å². The molecule has 1 saturated heterocycles. The summed E-state index contributed by atoms with van der Waals surface area (Å²) in [7, 11) is 1.82. The minimum Gasteiger partial charge on any atom is -0.343 e. The summed E-state index contributed by atoms with van der Waals surface area (Å²) in [6.45, 7) is 2.73. The maximum atomic E-state index is 11.5. The Kier molecular flexibility index (Phi) is 3.32. The predicted octanol–water partition coefficient (Wildman–Crippen LogP) is -0.902. The molecule has 1 amide bonds. The van der Waals surface area contributed by atoms with Gasteiger partial charge in [-0.25, -0.2) is 5.84 Å². The number of nitrogens with zero attached hydrogens (tertiary/aromatic N) is 4. The zero-order valence-corrected chi connectivity index (χ0v) is 9.83. The van der Waals surface area contributed by atoms with Crippen LogP contribution >= 0.6 is 11.3 Å². The van der Waals surface area contributed by atoms with Crippen LogP contribution in [0, 0.1) is 0 Å². The van der Waals surface area contributed by atoms with Gasteiger partial charge in [-0.05, 0) is 0 Å². The van der Waals surface area contributed by atoms with Crippen LogP contribution in [0.4, 0.5) is 5.13 Å². The van der Waals surface area contributed by atoms with Gasteiger partial charge in [-0.3, -0.25) is 15.1 Å². The molecule has 16 heavy (non-hydrogen) atoms. The number of carbonyl (C=O) groups excluding carboxylic acids is 1. The van der Waals surface area contributed by atoms with E-state index in [1.165, 1.54) is 11.3 Å². The van der Waals surface area contributed by atoms with Crippen LogP contribution in [-0.4, -0.2) is 52.6 Å². The quantitative estimate of drug-likeness (QED) is 0.527. The average Bonchev–Trinajstić information content (AvgIpc) is 2.71. The van der Waals surface area contributed by atoms with E-state index < -0.39 is 0 Å². The number of rotatable bonds is 3. The number of hydrogen-bond donors (Lipinski definition) is 2. The molecule has 0 saturated carbocycles. The first kappa shape index (κ1) is 11.2. The van der Waals surface area contributed by atoms with Gasteiger partial charge in [-0.2, -0.15) is 0 Å². The van der Waals surface area contributed by atoms with Gasteiger partial charge in [-0.15, -0.1) is 10.2 Å². The van der Waals surface area contributed by atoms with Crippen molar-refractivity contribution in [2.75, 3.05) is 32.1 Å². The molecule has 1 aromatic heterocycles. The Morgan fingerprint density at radius 2 is 2.31 bits per heavy atom. The molecule has 7 nitrogen and oxygen atoms in total. The molecule has 0 atom stereocenters. The molecule has 8 heteroatoms. The molecule has 2 rings (SSSR count). The van der Waals surface area contributed by atoms with Crippen molar-refractivity contribution >= 4 is 22.4 Å². The molecule has 2 heterocycles. The average molecular weight is 242 g/mol. The zero-order chi connectivity index (χ0) is 11.5. The summed E-state index contributed by atoms with van der Waals surface area (Å²) in [5.74, 6) is 5.37. The van der Waals surface area contributed by atoms with E-state index in [-0.39, 0.29) is 5.91 Å². The smallest absolute Gasteiger partial charge is 0.236 e. The minimum atomic E-state index is 0.146. The van der Waals surface area contributed by atoms with E-state index in [0.717, 1.165) is 18.1 Å². The molecule has 3 N–H and O–H groups in total. The molecule has 0 bridgehead atoms. The van der Waals surface area contributed by atoms with Gasteiger partial charge in [0.1, 0.15) is 5.01 Å². The van der Waals surface area contributed by atoms with Crippen LogP contribution in [0.5, 0.6) is 0 Å². The predicted molar refractivity (Wildman–Crippen MR) is 60.6 cm³/mol. The van der Waals surface area contributed by atoms with Crippen LogP contribution < -0.4 is 11.3 Å². The normalized spacial score (nSPS) is 17.9. The van der Waals surface area contributed by atoms with Crippen molar-refractivity contribution in [1.29, 1.82) is 0 Å². The highest BCUT2D eigenvalue weighted by molar-refractivity contribution is 7.15. The Bertz CT molecular complexity index is 380. The Morgan fingerprint density at radius 1 is 1.50 bits per heavy atom. The minimum absolute atomic E-state index is 0.146. The van der Waals surface area contributed by atoms with Crippen molar-refractivity contribution in [2.24, 2.45) is 5.84 Å². The van der Waals surface area contributed by atoms with Crippen molar-refractivity contribution < 1.29 is 4.79 Å². The molecule has 0 radical (unpaired) electrons. The number of hydrogen-bond acceptors (Lipinski definition) is 7. The molecule has 1 fully saturated rings. The van der Waals surface area contributed by atoms with Crippen molar-refractivity contribution in [3.05, 3.63) is 5.01 Å². The third kappa shape index (κ3) is 2.46. The summed E-state index contributed by atoms with van der Waals surface area (Å²) in [4.78, 5) is 15.3. The number of nitrogens with one attached hydrogen (secondary N) is 1. The van der Waals surface area contributed by atoms with E-state index in [2.05, 4.69) is 20.5 Å². The van der Waals surface area contributed by atoms with Gasteiger partial charge in [0, 0.05) is 20.1 Å². The lowest BCUT2D eigenvalue weighted by molar-refractivity contribution is -0.134. The molecule has 1 aliphatic heterocycles. The monoisotopic (exact) mass is 242 g/mol. The van der Waals surface area contributed by atoms with Crippen LogP contribution in [0.1, 0.15) is 5.01 Å². The van der Waals surface area contributed by atoms with E-state index in [0.29, 0.717) is 18.2 Å². The first-order valence-electron chi connectivity index (χ1n) is 4.94. The molecule has 0 spiro atoms. The van der Waals surface area contributed by atoms with Gasteiger partial charge in [-0.1, -0.05) is 11.3 Å². The number of nitrogen functional groups attached to an aromatic ring is 1. The molecule has 1 aliphatic rings. The second-order valence-electron chi connectivity index (χ2n) is 3.67. The lowest BCUT2D eigenvalue weighted by atomic mass is 10.3. The van der Waals surface area contributed by atoms with Gasteiger partial charge in [0.15, 0.2) is 0 Å². The van der Waals surface area contributed by atoms with Crippen molar-refractivity contribution in [3.8, 4) is 0 Å². The molecular formula is C8H14N6OS. The number of anilines is 1. The summed E-state index contributed by atoms with van der Waals surface area (Å²) in [6, 6.07) is 0. The lowest BCUT2D eigenvalue weighted by Crippen LogP contribution is -2.47. The second kappa shape index (κ2) is 4.73. The van der Waals surface area contributed by atoms with Crippen molar-refractivity contribution in [2.45, 2.75) is 6.54 Å². The number of hydrazine groups is 1. The zero-order valence-electron chi connectivity index (χ0n) is 9.01. The first-order valence-corrected chi connectivity index (χ1v) is 5.76. The Hall–Kier alpha value is -1.25. The second-order valence-corrected chi connectivity index (χ2v) is 4.73. The molecule has 1 aromatic rings. The molecule has 88 valence electrons. The maximum absolute atomic E-state index is 11.5. The van der Waals surface area contributed by atoms with Crippen LogP contribution in [0.3, 0.4) is 0 Å². The van der Waals surface area contributed by atoms with E-state index in [4.69, 9.17) is 5.84 Å². The van der Waals surface area contributed by atoms with Gasteiger partial charge in [0.25, 0.3) is 0 Å². The van der Waals surface area contributed by atoms with Gasteiger partial charge in [0.2, 0.25) is 11.0 Å². The molecule has 0 unspecified atom stereocenters. The Balaban J connectivity index is 1.92. The third-order valence-corrected chi connectivity index (χ3v) is 3.32. The molecular weight excluding hydrogens is 228 g/mol. The number of piperazine rings is 1. The van der Waals surface area contributed by atoms with Crippen LogP contribution in [0.2, 0.25) is 0 Å². The highest BCUT2D eigenvalue weighted by atomic mass is 32.1. The number of nitrogens with two attached hydrogens (primary N) is 1. The molecule has 0 aromatic carbocycles. The number of amides is 1. The fourth-order valence-electron chi connectivity index (χ4n) is 1.51. The first-order chi connectivity index (χ1) is 7.69. The van der Waals surface area contributed by atoms with E-state index >= 15 is 0 Å². The van der Waals surface area contributed by atoms with Crippen LogP contribution in [0.25, 0.3) is 0 Å². The summed E-state index contributed by atoms with van der Waals surface area (Å²) >= 11 is 1.40. The lowest BCUT2D eigenvalue weighted by Gasteiger charge is -2.31. The van der Waals surface area contributed by atoms with E-state index in [1.54, 1.807) is 4.90 Å². The fourth-order valence-corrected chi connectivity index (χ4v) is 2.20. The highest BCUT2D eigenvalue weighted by Gasteiger charge is 2.21. The van der Waals surface area contributed by atoms with E-state index in [1.807, 2.05) is 7.05 Å². The van der Waals surface area contributed by atoms with Gasteiger partial charge >= 0.3 is 0 Å². The summed E-state index contributed by atoms with van der Waals surface area (Å²) < 4.78 is 0. The SMILES string of the molecule is CN1CCN(Cc2nnc(NN)s2)CC1=O. The highest BCUT2D eigenvalue weighted by Crippen LogP contribution is 2.16. The maximum Gasteiger partial charge on any atom is 0.236 e. The summed E-state index contributed by atoms with van der Waals surface area (Å²) in [6.07, 6.45) is 0. The van der Waals surface area contributed by atoms with Crippen LogP contribution in [0.15, 0.2) is 0 Å². The number of likely N-dealkylation sites (N-methyl/N-ethyl adjacent to an activating group) is 1. The Morgan fingerprint density at radius 3 is 2.94 bits per heavy atom. The number of carbonyl (C=O) groups is 1.